The standard InChI is InChI=1S/C21H26FN7/c1-15-9-16(2)26-20(25-15)28-12-17-10-27(11-18(17)13-28)14-19-5-3-4-6-21(19,22)29-23-7-8-24-29/h3-9,17-19H,10-14H2,1-2H3. The van der Waals surface area contributed by atoms with Gasteiger partial charge in [-0.3, -0.25) is 0 Å². The summed E-state index contributed by atoms with van der Waals surface area (Å²) in [6.07, 6.45) is 10.2. The third kappa shape index (κ3) is 3.35. The molecule has 29 heavy (non-hydrogen) atoms. The molecule has 2 saturated heterocycles. The Bertz CT molecular complexity index is 906. The molecule has 2 aromatic rings. The number of aryl methyl sites for hydroxylation is 2. The number of hydrogen-bond donors (Lipinski definition) is 0. The SMILES string of the molecule is Cc1cc(C)nc(N2CC3CN(CC4C=CC=CC4(F)n4nccn4)CC3C2)n1. The highest BCUT2D eigenvalue weighted by atomic mass is 19.1. The van der Waals surface area contributed by atoms with Crippen LogP contribution in [0.5, 0.6) is 0 Å². The van der Waals surface area contributed by atoms with E-state index in [4.69, 9.17) is 0 Å². The van der Waals surface area contributed by atoms with Crippen molar-refractivity contribution in [3.05, 3.63) is 54.2 Å². The summed E-state index contributed by atoms with van der Waals surface area (Å²) in [5.74, 6) is -0.0396. The van der Waals surface area contributed by atoms with E-state index in [1.165, 1.54) is 17.2 Å². The fraction of sp³-hybridized carbons (Fsp3) is 0.524. The van der Waals surface area contributed by atoms with Crippen LogP contribution in [-0.4, -0.2) is 62.6 Å². The summed E-state index contributed by atoms with van der Waals surface area (Å²) in [4.78, 5) is 15.1. The molecule has 1 aliphatic carbocycles. The third-order valence-corrected chi connectivity index (χ3v) is 6.30. The number of aromatic nitrogens is 5. The highest BCUT2D eigenvalue weighted by Gasteiger charge is 2.45. The van der Waals surface area contributed by atoms with E-state index in [0.717, 1.165) is 43.5 Å². The van der Waals surface area contributed by atoms with E-state index >= 15 is 4.39 Å². The molecule has 3 aliphatic rings. The Labute approximate surface area is 169 Å². The smallest absolute Gasteiger partial charge is 0.246 e. The summed E-state index contributed by atoms with van der Waals surface area (Å²) in [7, 11) is 0. The van der Waals surface area contributed by atoms with Crippen molar-refractivity contribution in [2.45, 2.75) is 19.6 Å². The number of hydrogen-bond acceptors (Lipinski definition) is 6. The van der Waals surface area contributed by atoms with Crippen molar-refractivity contribution < 1.29 is 4.39 Å². The van der Waals surface area contributed by atoms with Crippen LogP contribution in [0.3, 0.4) is 0 Å². The Balaban J connectivity index is 1.25. The molecule has 2 aliphatic heterocycles. The van der Waals surface area contributed by atoms with Gasteiger partial charge in [0, 0.05) is 44.1 Å². The molecule has 0 amide bonds. The molecule has 0 bridgehead atoms. The molecule has 4 heterocycles. The van der Waals surface area contributed by atoms with Gasteiger partial charge in [-0.1, -0.05) is 18.2 Å². The lowest BCUT2D eigenvalue weighted by Gasteiger charge is -2.33. The van der Waals surface area contributed by atoms with Gasteiger partial charge in [0.2, 0.25) is 11.7 Å². The quantitative estimate of drug-likeness (QED) is 0.790. The largest absolute Gasteiger partial charge is 0.340 e. The fourth-order valence-electron chi connectivity index (χ4n) is 4.97. The first-order valence-electron chi connectivity index (χ1n) is 10.2. The highest BCUT2D eigenvalue weighted by molar-refractivity contribution is 5.35. The van der Waals surface area contributed by atoms with Gasteiger partial charge in [0.05, 0.1) is 18.3 Å². The lowest BCUT2D eigenvalue weighted by Crippen LogP contribution is -2.43. The molecule has 2 fully saturated rings. The van der Waals surface area contributed by atoms with Gasteiger partial charge in [-0.25, -0.2) is 14.4 Å². The van der Waals surface area contributed by atoms with E-state index < -0.39 is 5.79 Å². The van der Waals surface area contributed by atoms with Gasteiger partial charge in [-0.2, -0.15) is 10.2 Å². The zero-order valence-electron chi connectivity index (χ0n) is 16.8. The zero-order valence-corrected chi connectivity index (χ0v) is 16.8. The average molecular weight is 395 g/mol. The first kappa shape index (κ1) is 18.4. The third-order valence-electron chi connectivity index (χ3n) is 6.30. The van der Waals surface area contributed by atoms with Crippen molar-refractivity contribution in [3.8, 4) is 0 Å². The van der Waals surface area contributed by atoms with Crippen molar-refractivity contribution in [2.24, 2.45) is 17.8 Å². The predicted molar refractivity (Wildman–Crippen MR) is 108 cm³/mol. The Morgan fingerprint density at radius 2 is 1.66 bits per heavy atom. The molecule has 5 rings (SSSR count). The van der Waals surface area contributed by atoms with Gasteiger partial charge < -0.3 is 9.80 Å². The van der Waals surface area contributed by atoms with Crippen molar-refractivity contribution in [2.75, 3.05) is 37.6 Å². The van der Waals surface area contributed by atoms with Gasteiger partial charge in [-0.15, -0.1) is 4.80 Å². The lowest BCUT2D eigenvalue weighted by atomic mass is 9.92. The number of nitrogens with zero attached hydrogens (tertiary/aromatic N) is 7. The fourth-order valence-corrected chi connectivity index (χ4v) is 4.97. The minimum atomic E-state index is -1.71. The first-order chi connectivity index (χ1) is 14.0. The molecular formula is C21H26FN7. The topological polar surface area (TPSA) is 63.0 Å². The zero-order chi connectivity index (χ0) is 20.0. The van der Waals surface area contributed by atoms with Crippen molar-refractivity contribution >= 4 is 5.95 Å². The van der Waals surface area contributed by atoms with Gasteiger partial charge in [0.25, 0.3) is 0 Å². The number of alkyl halides is 1. The summed E-state index contributed by atoms with van der Waals surface area (Å²) in [5, 5.41) is 8.12. The number of likely N-dealkylation sites (tertiary alicyclic amines) is 1. The van der Waals surface area contributed by atoms with Crippen LogP contribution in [0.15, 0.2) is 42.8 Å². The Hall–Kier alpha value is -2.61. The van der Waals surface area contributed by atoms with E-state index in [1.54, 1.807) is 12.2 Å². The maximum absolute atomic E-state index is 15.8. The molecule has 4 atom stereocenters. The van der Waals surface area contributed by atoms with Crippen molar-refractivity contribution in [3.63, 3.8) is 0 Å². The van der Waals surface area contributed by atoms with Crippen LogP contribution >= 0.6 is 0 Å². The molecular weight excluding hydrogens is 369 g/mol. The predicted octanol–water partition coefficient (Wildman–Crippen LogP) is 2.12. The van der Waals surface area contributed by atoms with Crippen molar-refractivity contribution in [1.82, 2.24) is 29.9 Å². The Morgan fingerprint density at radius 1 is 1.00 bits per heavy atom. The average Bonchev–Trinajstić information content (AvgIpc) is 3.39. The molecule has 0 saturated carbocycles. The van der Waals surface area contributed by atoms with Crippen LogP contribution in [0.2, 0.25) is 0 Å². The molecule has 8 heteroatoms. The maximum atomic E-state index is 15.8. The summed E-state index contributed by atoms with van der Waals surface area (Å²) >= 11 is 0. The summed E-state index contributed by atoms with van der Waals surface area (Å²) < 4.78 is 15.8. The molecule has 0 N–H and O–H groups in total. The van der Waals surface area contributed by atoms with Crippen LogP contribution in [0.4, 0.5) is 10.3 Å². The van der Waals surface area contributed by atoms with Gasteiger partial charge in [-0.05, 0) is 37.8 Å². The van der Waals surface area contributed by atoms with Gasteiger partial charge in [0.15, 0.2) is 0 Å². The normalized spacial score (nSPS) is 31.6. The highest BCUT2D eigenvalue weighted by Crippen LogP contribution is 2.37. The first-order valence-corrected chi connectivity index (χ1v) is 10.2. The number of anilines is 1. The molecule has 4 unspecified atom stereocenters. The van der Waals surface area contributed by atoms with Crippen LogP contribution < -0.4 is 4.90 Å². The Kier molecular flexibility index (Phi) is 4.46. The molecule has 0 aromatic carbocycles. The van der Waals surface area contributed by atoms with Crippen LogP contribution in [0, 0.1) is 31.6 Å². The van der Waals surface area contributed by atoms with E-state index in [2.05, 4.69) is 30.0 Å². The monoisotopic (exact) mass is 395 g/mol. The number of halogens is 1. The van der Waals surface area contributed by atoms with E-state index in [1.807, 2.05) is 32.1 Å². The maximum Gasteiger partial charge on any atom is 0.246 e. The van der Waals surface area contributed by atoms with Gasteiger partial charge >= 0.3 is 0 Å². The minimum absolute atomic E-state index is 0.308. The summed E-state index contributed by atoms with van der Waals surface area (Å²) in [6.45, 7) is 8.57. The summed E-state index contributed by atoms with van der Waals surface area (Å²) in [6, 6.07) is 2.01. The molecule has 7 nitrogen and oxygen atoms in total. The number of fused-ring (bicyclic) bond motifs is 1. The second-order valence-electron chi connectivity index (χ2n) is 8.49. The number of allylic oxidation sites excluding steroid dienone is 3. The van der Waals surface area contributed by atoms with Crippen LogP contribution in [0.1, 0.15) is 11.4 Å². The van der Waals surface area contributed by atoms with Crippen LogP contribution in [-0.2, 0) is 5.79 Å². The summed E-state index contributed by atoms with van der Waals surface area (Å²) in [5.41, 5.74) is 2.02. The minimum Gasteiger partial charge on any atom is -0.340 e. The van der Waals surface area contributed by atoms with E-state index in [0.29, 0.717) is 18.4 Å². The van der Waals surface area contributed by atoms with Crippen molar-refractivity contribution in [1.29, 1.82) is 0 Å². The van der Waals surface area contributed by atoms with Crippen LogP contribution in [0.25, 0.3) is 0 Å². The molecule has 0 spiro atoms. The number of rotatable bonds is 4. The molecule has 152 valence electrons. The van der Waals surface area contributed by atoms with Gasteiger partial charge in [0.1, 0.15) is 0 Å². The second kappa shape index (κ2) is 7.02. The molecule has 0 radical (unpaired) electrons. The van der Waals surface area contributed by atoms with E-state index in [-0.39, 0.29) is 5.92 Å². The Morgan fingerprint density at radius 3 is 2.31 bits per heavy atom. The lowest BCUT2D eigenvalue weighted by molar-refractivity contribution is 0.0276. The van der Waals surface area contributed by atoms with E-state index in [9.17, 15) is 0 Å². The molecule has 2 aromatic heterocycles. The second-order valence-corrected chi connectivity index (χ2v) is 8.49.